The van der Waals surface area contributed by atoms with Gasteiger partial charge in [-0.05, 0) is 37.5 Å². The highest BCUT2D eigenvalue weighted by atomic mass is 79.9. The average Bonchev–Trinajstić information content (AvgIpc) is 2.89. The third kappa shape index (κ3) is 3.95. The van der Waals surface area contributed by atoms with Gasteiger partial charge in [-0.15, -0.1) is 0 Å². The molecule has 1 aliphatic carbocycles. The van der Waals surface area contributed by atoms with Crippen LogP contribution in [0.2, 0.25) is 0 Å². The quantitative estimate of drug-likeness (QED) is 0.778. The van der Waals surface area contributed by atoms with Crippen molar-refractivity contribution in [2.75, 3.05) is 5.32 Å². The van der Waals surface area contributed by atoms with Gasteiger partial charge in [0.05, 0.1) is 17.2 Å². The molecular formula is C14H14BrN3O3. The Kier molecular flexibility index (Phi) is 4.81. The minimum Gasteiger partial charge on any atom is -0.481 e. The lowest BCUT2D eigenvalue weighted by Gasteiger charge is -2.14. The van der Waals surface area contributed by atoms with Gasteiger partial charge in [-0.1, -0.05) is 15.9 Å². The summed E-state index contributed by atoms with van der Waals surface area (Å²) in [6, 6.07) is 6.42. The van der Waals surface area contributed by atoms with E-state index in [1.165, 1.54) is 0 Å². The second-order valence-corrected chi connectivity index (χ2v) is 5.86. The SMILES string of the molecule is N#Cc1cc(Br)ccc1NC(=O)NC1CCC(C(=O)O)C1. The van der Waals surface area contributed by atoms with E-state index < -0.39 is 17.9 Å². The minimum atomic E-state index is -0.820. The highest BCUT2D eigenvalue weighted by Crippen LogP contribution is 2.26. The third-order valence-corrected chi connectivity index (χ3v) is 3.96. The van der Waals surface area contributed by atoms with Crippen LogP contribution in [-0.4, -0.2) is 23.1 Å². The fourth-order valence-electron chi connectivity index (χ4n) is 2.40. The van der Waals surface area contributed by atoms with Gasteiger partial charge in [0.25, 0.3) is 0 Å². The number of hydrogen-bond donors (Lipinski definition) is 3. The molecule has 0 heterocycles. The number of hydrogen-bond acceptors (Lipinski definition) is 3. The zero-order valence-electron chi connectivity index (χ0n) is 11.1. The van der Waals surface area contributed by atoms with Gasteiger partial charge in [-0.2, -0.15) is 5.26 Å². The molecule has 0 spiro atoms. The van der Waals surface area contributed by atoms with Gasteiger partial charge in [0, 0.05) is 10.5 Å². The minimum absolute atomic E-state index is 0.146. The van der Waals surface area contributed by atoms with Crippen LogP contribution < -0.4 is 10.6 Å². The second kappa shape index (κ2) is 6.59. The number of nitrogens with one attached hydrogen (secondary N) is 2. The normalized spacial score (nSPS) is 20.6. The summed E-state index contributed by atoms with van der Waals surface area (Å²) < 4.78 is 0.755. The van der Waals surface area contributed by atoms with Crippen LogP contribution in [0.5, 0.6) is 0 Å². The Morgan fingerprint density at radius 1 is 1.38 bits per heavy atom. The first-order chi connectivity index (χ1) is 9.99. The molecule has 2 unspecified atom stereocenters. The first-order valence-electron chi connectivity index (χ1n) is 6.49. The fourth-order valence-corrected chi connectivity index (χ4v) is 2.76. The first kappa shape index (κ1) is 15.3. The van der Waals surface area contributed by atoms with E-state index in [1.54, 1.807) is 18.2 Å². The van der Waals surface area contributed by atoms with Gasteiger partial charge < -0.3 is 15.7 Å². The van der Waals surface area contributed by atoms with Crippen LogP contribution in [0.15, 0.2) is 22.7 Å². The van der Waals surface area contributed by atoms with Gasteiger partial charge in [-0.3, -0.25) is 4.79 Å². The van der Waals surface area contributed by atoms with E-state index in [4.69, 9.17) is 10.4 Å². The smallest absolute Gasteiger partial charge is 0.319 e. The number of amides is 2. The summed E-state index contributed by atoms with van der Waals surface area (Å²) in [5, 5.41) is 23.3. The van der Waals surface area contributed by atoms with Gasteiger partial charge in [0.2, 0.25) is 0 Å². The molecule has 0 saturated heterocycles. The Labute approximate surface area is 130 Å². The molecular weight excluding hydrogens is 338 g/mol. The summed E-state index contributed by atoms with van der Waals surface area (Å²) in [6.07, 6.45) is 1.66. The molecule has 1 saturated carbocycles. The number of benzene rings is 1. The molecule has 1 aromatic carbocycles. The van der Waals surface area contributed by atoms with Gasteiger partial charge in [0.15, 0.2) is 0 Å². The van der Waals surface area contributed by atoms with Crippen LogP contribution in [0, 0.1) is 17.2 Å². The molecule has 2 rings (SSSR count). The summed E-state index contributed by atoms with van der Waals surface area (Å²) in [5.41, 5.74) is 0.778. The van der Waals surface area contributed by atoms with Crippen LogP contribution in [0.4, 0.5) is 10.5 Å². The molecule has 2 amide bonds. The second-order valence-electron chi connectivity index (χ2n) is 4.95. The lowest BCUT2D eigenvalue weighted by Crippen LogP contribution is -2.36. The van der Waals surface area contributed by atoms with Crippen molar-refractivity contribution in [3.63, 3.8) is 0 Å². The van der Waals surface area contributed by atoms with E-state index >= 15 is 0 Å². The largest absolute Gasteiger partial charge is 0.481 e. The number of carboxylic acid groups (broad SMARTS) is 1. The molecule has 1 aromatic rings. The summed E-state index contributed by atoms with van der Waals surface area (Å²) >= 11 is 3.26. The number of aliphatic carboxylic acids is 1. The maximum Gasteiger partial charge on any atom is 0.319 e. The van der Waals surface area contributed by atoms with E-state index in [0.717, 1.165) is 4.47 Å². The Hall–Kier alpha value is -2.07. The molecule has 0 aliphatic heterocycles. The molecule has 2 atom stereocenters. The Bertz CT molecular complexity index is 612. The Morgan fingerprint density at radius 2 is 2.14 bits per heavy atom. The lowest BCUT2D eigenvalue weighted by molar-refractivity contribution is -0.141. The van der Waals surface area contributed by atoms with Crippen LogP contribution >= 0.6 is 15.9 Å². The number of halogens is 1. The van der Waals surface area contributed by atoms with Crippen LogP contribution in [-0.2, 0) is 4.79 Å². The van der Waals surface area contributed by atoms with Crippen molar-refractivity contribution in [3.05, 3.63) is 28.2 Å². The molecule has 7 heteroatoms. The number of rotatable bonds is 3. The van der Waals surface area contributed by atoms with Crippen molar-refractivity contribution in [1.29, 1.82) is 5.26 Å². The van der Waals surface area contributed by atoms with Crippen molar-refractivity contribution in [2.24, 2.45) is 5.92 Å². The Balaban J connectivity index is 1.94. The standard InChI is InChI=1S/C14H14BrN3O3/c15-10-2-4-12(9(5-10)7-16)18-14(21)17-11-3-1-8(6-11)13(19)20/h2,4-5,8,11H,1,3,6H2,(H,19,20)(H2,17,18,21). The fraction of sp³-hybridized carbons (Fsp3) is 0.357. The summed E-state index contributed by atoms with van der Waals surface area (Å²) in [4.78, 5) is 22.8. The summed E-state index contributed by atoms with van der Waals surface area (Å²) in [6.45, 7) is 0. The predicted octanol–water partition coefficient (Wildman–Crippen LogP) is 2.70. The predicted molar refractivity (Wildman–Crippen MR) is 79.8 cm³/mol. The van der Waals surface area contributed by atoms with E-state index in [0.29, 0.717) is 30.5 Å². The number of urea groups is 1. The van der Waals surface area contributed by atoms with Crippen LogP contribution in [0.3, 0.4) is 0 Å². The third-order valence-electron chi connectivity index (χ3n) is 3.47. The lowest BCUT2D eigenvalue weighted by atomic mass is 10.1. The zero-order chi connectivity index (χ0) is 15.4. The Morgan fingerprint density at radius 3 is 2.76 bits per heavy atom. The molecule has 21 heavy (non-hydrogen) atoms. The number of nitriles is 1. The first-order valence-corrected chi connectivity index (χ1v) is 7.29. The van der Waals surface area contributed by atoms with Gasteiger partial charge >= 0.3 is 12.0 Å². The highest BCUT2D eigenvalue weighted by Gasteiger charge is 2.30. The van der Waals surface area contributed by atoms with Crippen molar-refractivity contribution >= 4 is 33.6 Å². The van der Waals surface area contributed by atoms with E-state index in [1.807, 2.05) is 6.07 Å². The highest BCUT2D eigenvalue weighted by molar-refractivity contribution is 9.10. The zero-order valence-corrected chi connectivity index (χ0v) is 12.7. The molecule has 1 aliphatic rings. The van der Waals surface area contributed by atoms with Crippen LogP contribution in [0.25, 0.3) is 0 Å². The topological polar surface area (TPSA) is 102 Å². The van der Waals surface area contributed by atoms with Crippen molar-refractivity contribution in [1.82, 2.24) is 5.32 Å². The number of nitrogens with zero attached hydrogens (tertiary/aromatic N) is 1. The van der Waals surface area contributed by atoms with Crippen molar-refractivity contribution in [2.45, 2.75) is 25.3 Å². The van der Waals surface area contributed by atoms with Gasteiger partial charge in [0.1, 0.15) is 6.07 Å². The molecule has 0 radical (unpaired) electrons. The molecule has 1 fully saturated rings. The number of carboxylic acids is 1. The number of carbonyl (C=O) groups is 2. The molecule has 6 nitrogen and oxygen atoms in total. The summed E-state index contributed by atoms with van der Waals surface area (Å²) in [5.74, 6) is -1.21. The molecule has 110 valence electrons. The monoisotopic (exact) mass is 351 g/mol. The van der Waals surface area contributed by atoms with Crippen molar-refractivity contribution < 1.29 is 14.7 Å². The van der Waals surface area contributed by atoms with Gasteiger partial charge in [-0.25, -0.2) is 4.79 Å². The maximum atomic E-state index is 11.9. The average molecular weight is 352 g/mol. The van der Waals surface area contributed by atoms with Crippen LogP contribution in [0.1, 0.15) is 24.8 Å². The summed E-state index contributed by atoms with van der Waals surface area (Å²) in [7, 11) is 0. The molecule has 0 aromatic heterocycles. The van der Waals surface area contributed by atoms with E-state index in [-0.39, 0.29) is 6.04 Å². The number of anilines is 1. The van der Waals surface area contributed by atoms with E-state index in [2.05, 4.69) is 26.6 Å². The van der Waals surface area contributed by atoms with Crippen molar-refractivity contribution in [3.8, 4) is 6.07 Å². The van der Waals surface area contributed by atoms with E-state index in [9.17, 15) is 9.59 Å². The molecule has 0 bridgehead atoms. The maximum absolute atomic E-state index is 11.9. The number of carbonyl (C=O) groups excluding carboxylic acids is 1. The molecule has 3 N–H and O–H groups in total.